The SMILES string of the molecule is CC(C)C(C#N)Cc1nc(-c2ccccc2Br)cs1. The smallest absolute Gasteiger partial charge is 0.0945 e. The Morgan fingerprint density at radius 2 is 2.11 bits per heavy atom. The van der Waals surface area contributed by atoms with Crippen LogP contribution in [0.15, 0.2) is 34.1 Å². The third-order valence-corrected chi connectivity index (χ3v) is 4.63. The van der Waals surface area contributed by atoms with Crippen molar-refractivity contribution in [2.45, 2.75) is 20.3 Å². The fourth-order valence-corrected chi connectivity index (χ4v) is 3.16. The summed E-state index contributed by atoms with van der Waals surface area (Å²) in [4.78, 5) is 4.65. The normalized spacial score (nSPS) is 12.4. The van der Waals surface area contributed by atoms with Crippen LogP contribution in [0, 0.1) is 23.2 Å². The van der Waals surface area contributed by atoms with Gasteiger partial charge in [-0.1, -0.05) is 48.0 Å². The average molecular weight is 335 g/mol. The van der Waals surface area contributed by atoms with E-state index in [1.54, 1.807) is 11.3 Å². The van der Waals surface area contributed by atoms with Gasteiger partial charge in [-0.15, -0.1) is 11.3 Å². The number of rotatable bonds is 4. The number of nitriles is 1. The zero-order valence-corrected chi connectivity index (χ0v) is 13.3. The first kappa shape index (κ1) is 14.2. The molecule has 0 amide bonds. The molecule has 98 valence electrons. The predicted molar refractivity (Wildman–Crippen MR) is 82.9 cm³/mol. The van der Waals surface area contributed by atoms with E-state index in [0.29, 0.717) is 5.92 Å². The summed E-state index contributed by atoms with van der Waals surface area (Å²) in [7, 11) is 0. The molecule has 0 N–H and O–H groups in total. The molecule has 4 heteroatoms. The second-order valence-electron chi connectivity index (χ2n) is 4.79. The van der Waals surface area contributed by atoms with E-state index in [4.69, 9.17) is 5.26 Å². The van der Waals surface area contributed by atoms with Crippen molar-refractivity contribution in [2.24, 2.45) is 11.8 Å². The minimum atomic E-state index is 0.0400. The van der Waals surface area contributed by atoms with E-state index in [0.717, 1.165) is 27.2 Å². The van der Waals surface area contributed by atoms with E-state index < -0.39 is 0 Å². The lowest BCUT2D eigenvalue weighted by atomic mass is 9.94. The zero-order chi connectivity index (χ0) is 13.8. The van der Waals surface area contributed by atoms with Crippen LogP contribution in [0.2, 0.25) is 0 Å². The molecule has 0 saturated heterocycles. The number of nitrogens with zero attached hydrogens (tertiary/aromatic N) is 2. The lowest BCUT2D eigenvalue weighted by molar-refractivity contribution is 0.473. The minimum absolute atomic E-state index is 0.0400. The fourth-order valence-electron chi connectivity index (χ4n) is 1.82. The molecule has 2 rings (SSSR count). The van der Waals surface area contributed by atoms with Gasteiger partial charge in [-0.2, -0.15) is 5.26 Å². The van der Waals surface area contributed by atoms with Crippen molar-refractivity contribution < 1.29 is 0 Å². The van der Waals surface area contributed by atoms with Crippen molar-refractivity contribution in [1.29, 1.82) is 5.26 Å². The van der Waals surface area contributed by atoms with Crippen molar-refractivity contribution in [3.63, 3.8) is 0 Å². The van der Waals surface area contributed by atoms with Crippen LogP contribution >= 0.6 is 27.3 Å². The summed E-state index contributed by atoms with van der Waals surface area (Å²) < 4.78 is 1.05. The summed E-state index contributed by atoms with van der Waals surface area (Å²) in [5.74, 6) is 0.402. The van der Waals surface area contributed by atoms with Crippen molar-refractivity contribution in [1.82, 2.24) is 4.98 Å². The summed E-state index contributed by atoms with van der Waals surface area (Å²) in [5, 5.41) is 12.2. The average Bonchev–Trinajstić information content (AvgIpc) is 2.84. The quantitative estimate of drug-likeness (QED) is 0.796. The van der Waals surface area contributed by atoms with Gasteiger partial charge < -0.3 is 0 Å². The van der Waals surface area contributed by atoms with Gasteiger partial charge in [0.1, 0.15) is 0 Å². The molecule has 2 aromatic rings. The van der Waals surface area contributed by atoms with E-state index >= 15 is 0 Å². The molecule has 0 radical (unpaired) electrons. The van der Waals surface area contributed by atoms with Gasteiger partial charge in [0, 0.05) is 21.8 Å². The molecule has 1 atom stereocenters. The molecule has 0 aliphatic rings. The Morgan fingerprint density at radius 1 is 1.37 bits per heavy atom. The highest BCUT2D eigenvalue weighted by Crippen LogP contribution is 2.30. The lowest BCUT2D eigenvalue weighted by Crippen LogP contribution is -2.09. The number of aromatic nitrogens is 1. The van der Waals surface area contributed by atoms with Crippen LogP contribution in [-0.4, -0.2) is 4.98 Å². The molecule has 0 spiro atoms. The van der Waals surface area contributed by atoms with Gasteiger partial charge >= 0.3 is 0 Å². The van der Waals surface area contributed by atoms with Gasteiger partial charge in [0.15, 0.2) is 0 Å². The molecule has 2 nitrogen and oxygen atoms in total. The number of halogens is 1. The molecule has 1 unspecified atom stereocenters. The van der Waals surface area contributed by atoms with Crippen LogP contribution in [0.5, 0.6) is 0 Å². The Morgan fingerprint density at radius 3 is 2.74 bits per heavy atom. The fraction of sp³-hybridized carbons (Fsp3) is 0.333. The topological polar surface area (TPSA) is 36.7 Å². The van der Waals surface area contributed by atoms with E-state index in [-0.39, 0.29) is 5.92 Å². The lowest BCUT2D eigenvalue weighted by Gasteiger charge is -2.10. The van der Waals surface area contributed by atoms with Crippen molar-refractivity contribution in [2.75, 3.05) is 0 Å². The highest BCUT2D eigenvalue weighted by atomic mass is 79.9. The summed E-state index contributed by atoms with van der Waals surface area (Å²) >= 11 is 5.17. The van der Waals surface area contributed by atoms with Gasteiger partial charge in [-0.25, -0.2) is 4.98 Å². The maximum absolute atomic E-state index is 9.15. The van der Waals surface area contributed by atoms with Crippen LogP contribution in [0.25, 0.3) is 11.3 Å². The van der Waals surface area contributed by atoms with E-state index in [1.807, 2.05) is 24.3 Å². The second-order valence-corrected chi connectivity index (χ2v) is 6.59. The first-order valence-electron chi connectivity index (χ1n) is 6.20. The second kappa shape index (κ2) is 6.31. The van der Waals surface area contributed by atoms with Gasteiger partial charge in [-0.05, 0) is 12.0 Å². The van der Waals surface area contributed by atoms with Crippen LogP contribution in [-0.2, 0) is 6.42 Å². The number of thiazole rings is 1. The molecule has 0 saturated carbocycles. The molecule has 1 aromatic carbocycles. The number of hydrogen-bond acceptors (Lipinski definition) is 3. The molecule has 0 aliphatic heterocycles. The van der Waals surface area contributed by atoms with E-state index in [1.165, 1.54) is 0 Å². The summed E-state index contributed by atoms with van der Waals surface area (Å²) in [6.07, 6.45) is 0.739. The zero-order valence-electron chi connectivity index (χ0n) is 10.9. The number of benzene rings is 1. The highest BCUT2D eigenvalue weighted by molar-refractivity contribution is 9.10. The Labute approximate surface area is 126 Å². The van der Waals surface area contributed by atoms with Crippen molar-refractivity contribution in [3.05, 3.63) is 39.1 Å². The molecular weight excluding hydrogens is 320 g/mol. The molecule has 0 fully saturated rings. The first-order chi connectivity index (χ1) is 9.11. The highest BCUT2D eigenvalue weighted by Gasteiger charge is 2.16. The largest absolute Gasteiger partial charge is 0.241 e. The molecule has 1 aromatic heterocycles. The minimum Gasteiger partial charge on any atom is -0.241 e. The van der Waals surface area contributed by atoms with Crippen LogP contribution in [0.1, 0.15) is 18.9 Å². The molecule has 0 aliphatic carbocycles. The Kier molecular flexibility index (Phi) is 4.73. The Hall–Kier alpha value is -1.18. The Balaban J connectivity index is 2.21. The monoisotopic (exact) mass is 334 g/mol. The van der Waals surface area contributed by atoms with Crippen molar-refractivity contribution in [3.8, 4) is 17.3 Å². The number of hydrogen-bond donors (Lipinski definition) is 0. The van der Waals surface area contributed by atoms with Gasteiger partial charge in [0.25, 0.3) is 0 Å². The summed E-state index contributed by atoms with van der Waals surface area (Å²) in [6, 6.07) is 10.4. The molecule has 0 bridgehead atoms. The van der Waals surface area contributed by atoms with Gasteiger partial charge in [0.2, 0.25) is 0 Å². The Bertz CT molecular complexity index is 598. The third kappa shape index (κ3) is 3.43. The first-order valence-corrected chi connectivity index (χ1v) is 7.88. The standard InChI is InChI=1S/C15H15BrN2S/c1-10(2)11(8-17)7-15-18-14(9-19-15)12-5-3-4-6-13(12)16/h3-6,9-11H,7H2,1-2H3. The van der Waals surface area contributed by atoms with Gasteiger partial charge in [-0.3, -0.25) is 0 Å². The molecule has 19 heavy (non-hydrogen) atoms. The summed E-state index contributed by atoms with van der Waals surface area (Å²) in [6.45, 7) is 4.16. The summed E-state index contributed by atoms with van der Waals surface area (Å²) in [5.41, 5.74) is 2.08. The molecular formula is C15H15BrN2S. The van der Waals surface area contributed by atoms with E-state index in [9.17, 15) is 0 Å². The third-order valence-electron chi connectivity index (χ3n) is 3.07. The van der Waals surface area contributed by atoms with Crippen LogP contribution in [0.4, 0.5) is 0 Å². The van der Waals surface area contributed by atoms with E-state index in [2.05, 4.69) is 46.2 Å². The maximum Gasteiger partial charge on any atom is 0.0945 e. The van der Waals surface area contributed by atoms with Crippen molar-refractivity contribution >= 4 is 27.3 Å². The molecule has 1 heterocycles. The van der Waals surface area contributed by atoms with Gasteiger partial charge in [0.05, 0.1) is 22.7 Å². The predicted octanol–water partition coefficient (Wildman–Crippen LogP) is 4.91. The van der Waals surface area contributed by atoms with Crippen LogP contribution < -0.4 is 0 Å². The maximum atomic E-state index is 9.15. The van der Waals surface area contributed by atoms with Crippen LogP contribution in [0.3, 0.4) is 0 Å².